The summed E-state index contributed by atoms with van der Waals surface area (Å²) in [5, 5.41) is 2.88. The highest BCUT2D eigenvalue weighted by Gasteiger charge is 2.27. The van der Waals surface area contributed by atoms with Crippen molar-refractivity contribution in [2.45, 2.75) is 32.7 Å². The van der Waals surface area contributed by atoms with Gasteiger partial charge in [-0.1, -0.05) is 25.6 Å². The van der Waals surface area contributed by atoms with Crippen LogP contribution >= 0.6 is 11.8 Å². The van der Waals surface area contributed by atoms with Gasteiger partial charge in [-0.2, -0.15) is 0 Å². The first-order valence-electron chi connectivity index (χ1n) is 4.62. The maximum atomic E-state index is 11.4. The van der Waals surface area contributed by atoms with E-state index in [4.69, 9.17) is 0 Å². The number of carbonyl (C=O) groups excluding carboxylic acids is 2. The largest absolute Gasteiger partial charge is 0.345 e. The van der Waals surface area contributed by atoms with E-state index in [2.05, 4.69) is 5.32 Å². The molecule has 3 nitrogen and oxygen atoms in total. The summed E-state index contributed by atoms with van der Waals surface area (Å²) in [5.41, 5.74) is 0. The van der Waals surface area contributed by atoms with Crippen LogP contribution in [0.5, 0.6) is 0 Å². The van der Waals surface area contributed by atoms with Gasteiger partial charge < -0.3 is 5.32 Å². The molecule has 1 saturated heterocycles. The lowest BCUT2D eigenvalue weighted by molar-refractivity contribution is -0.127. The molecule has 0 aliphatic carbocycles. The van der Waals surface area contributed by atoms with Gasteiger partial charge in [-0.05, 0) is 12.8 Å². The number of rotatable bonds is 3. The van der Waals surface area contributed by atoms with E-state index < -0.39 is 0 Å². The van der Waals surface area contributed by atoms with Crippen LogP contribution in [0.3, 0.4) is 0 Å². The van der Waals surface area contributed by atoms with Gasteiger partial charge in [0.15, 0.2) is 0 Å². The molecule has 1 fully saturated rings. The van der Waals surface area contributed by atoms with Gasteiger partial charge in [0.1, 0.15) is 0 Å². The fourth-order valence-electron chi connectivity index (χ4n) is 1.13. The molecule has 0 spiro atoms. The third-order valence-corrected chi connectivity index (χ3v) is 3.32. The number of nitrogens with one attached hydrogen (secondary N) is 1. The van der Waals surface area contributed by atoms with Crippen LogP contribution in [0.4, 0.5) is 0 Å². The van der Waals surface area contributed by atoms with Crippen molar-refractivity contribution in [3.05, 3.63) is 0 Å². The Morgan fingerprint density at radius 2 is 2.46 bits per heavy atom. The zero-order valence-electron chi connectivity index (χ0n) is 8.00. The minimum absolute atomic E-state index is 0.00310. The van der Waals surface area contributed by atoms with Crippen molar-refractivity contribution in [2.24, 2.45) is 5.92 Å². The van der Waals surface area contributed by atoms with Crippen LogP contribution in [0, 0.1) is 5.92 Å². The number of carbonyl (C=O) groups is 2. The van der Waals surface area contributed by atoms with E-state index in [-0.39, 0.29) is 23.0 Å². The van der Waals surface area contributed by atoms with E-state index in [1.54, 1.807) is 0 Å². The van der Waals surface area contributed by atoms with Crippen LogP contribution in [0.15, 0.2) is 0 Å². The van der Waals surface area contributed by atoms with Crippen LogP contribution in [-0.4, -0.2) is 22.8 Å². The van der Waals surface area contributed by atoms with Crippen LogP contribution in [0.1, 0.15) is 26.7 Å². The zero-order chi connectivity index (χ0) is 9.84. The summed E-state index contributed by atoms with van der Waals surface area (Å²) in [7, 11) is 0. The smallest absolute Gasteiger partial charge is 0.223 e. The Morgan fingerprint density at radius 3 is 2.92 bits per heavy atom. The molecule has 0 unspecified atom stereocenters. The fraction of sp³-hybridized carbons (Fsp3) is 0.778. The Bertz CT molecular complexity index is 218. The van der Waals surface area contributed by atoms with Crippen LogP contribution in [0.2, 0.25) is 0 Å². The van der Waals surface area contributed by atoms with Crippen molar-refractivity contribution < 1.29 is 9.59 Å². The van der Waals surface area contributed by atoms with Crippen molar-refractivity contribution in [1.29, 1.82) is 0 Å². The SMILES string of the molecule is CC[C@@H](C)C(=O)N[C@@H]1CCSC1=O. The standard InChI is InChI=1S/C9H15NO2S/c1-3-6(2)8(11)10-7-4-5-13-9(7)12/h6-7H,3-5H2,1-2H3,(H,10,11)/t6-,7-/m1/s1. The highest BCUT2D eigenvalue weighted by molar-refractivity contribution is 8.14. The van der Waals surface area contributed by atoms with Gasteiger partial charge in [0.05, 0.1) is 6.04 Å². The van der Waals surface area contributed by atoms with Crippen molar-refractivity contribution in [3.8, 4) is 0 Å². The maximum Gasteiger partial charge on any atom is 0.223 e. The topological polar surface area (TPSA) is 46.2 Å². The molecule has 0 aromatic heterocycles. The molecule has 1 rings (SSSR count). The molecular weight excluding hydrogens is 186 g/mol. The van der Waals surface area contributed by atoms with E-state index in [0.717, 1.165) is 18.6 Å². The Hall–Kier alpha value is -0.510. The van der Waals surface area contributed by atoms with E-state index in [9.17, 15) is 9.59 Å². The lowest BCUT2D eigenvalue weighted by Gasteiger charge is -2.13. The normalized spacial score (nSPS) is 24.5. The number of hydrogen-bond donors (Lipinski definition) is 1. The average molecular weight is 201 g/mol. The van der Waals surface area contributed by atoms with Gasteiger partial charge in [-0.15, -0.1) is 0 Å². The van der Waals surface area contributed by atoms with Gasteiger partial charge >= 0.3 is 0 Å². The molecule has 4 heteroatoms. The third-order valence-electron chi connectivity index (χ3n) is 2.31. The highest BCUT2D eigenvalue weighted by Crippen LogP contribution is 2.19. The average Bonchev–Trinajstić information content (AvgIpc) is 2.50. The zero-order valence-corrected chi connectivity index (χ0v) is 8.82. The molecule has 0 aromatic rings. The molecular formula is C9H15NO2S. The fourth-order valence-corrected chi connectivity index (χ4v) is 2.06. The second kappa shape index (κ2) is 4.65. The molecule has 0 bridgehead atoms. The van der Waals surface area contributed by atoms with Gasteiger partial charge in [0.2, 0.25) is 11.0 Å². The molecule has 1 heterocycles. The van der Waals surface area contributed by atoms with Gasteiger partial charge in [-0.25, -0.2) is 0 Å². The minimum Gasteiger partial charge on any atom is -0.345 e. The molecule has 1 aliphatic rings. The predicted octanol–water partition coefficient (Wildman–Crippen LogP) is 1.18. The first kappa shape index (κ1) is 10.6. The summed E-state index contributed by atoms with van der Waals surface area (Å²) in [6, 6.07) is -0.230. The Kier molecular flexibility index (Phi) is 3.78. The molecule has 1 amide bonds. The molecule has 1 N–H and O–H groups in total. The van der Waals surface area contributed by atoms with E-state index in [1.165, 1.54) is 11.8 Å². The summed E-state index contributed by atoms with van der Waals surface area (Å²) in [6.45, 7) is 3.84. The Balaban J connectivity index is 2.39. The molecule has 2 atom stereocenters. The predicted molar refractivity (Wildman–Crippen MR) is 53.5 cm³/mol. The second-order valence-corrected chi connectivity index (χ2v) is 4.43. The summed E-state index contributed by atoms with van der Waals surface area (Å²) in [4.78, 5) is 22.6. The third kappa shape index (κ3) is 2.72. The van der Waals surface area contributed by atoms with Crippen LogP contribution < -0.4 is 5.32 Å². The summed E-state index contributed by atoms with van der Waals surface area (Å²) >= 11 is 1.31. The number of thioether (sulfide) groups is 1. The lowest BCUT2D eigenvalue weighted by Crippen LogP contribution is -2.39. The Morgan fingerprint density at radius 1 is 1.77 bits per heavy atom. The molecule has 1 aliphatic heterocycles. The van der Waals surface area contributed by atoms with E-state index >= 15 is 0 Å². The van der Waals surface area contributed by atoms with Gasteiger partial charge in [0.25, 0.3) is 0 Å². The Labute approximate surface area is 82.6 Å². The summed E-state index contributed by atoms with van der Waals surface area (Å²) in [6.07, 6.45) is 1.60. The maximum absolute atomic E-state index is 11.4. The monoisotopic (exact) mass is 201 g/mol. The molecule has 0 saturated carbocycles. The molecule has 0 aromatic carbocycles. The molecule has 0 radical (unpaired) electrons. The van der Waals surface area contributed by atoms with Crippen molar-refractivity contribution in [2.75, 3.05) is 5.75 Å². The first-order valence-corrected chi connectivity index (χ1v) is 5.60. The summed E-state index contributed by atoms with van der Waals surface area (Å²) < 4.78 is 0. The number of amides is 1. The van der Waals surface area contributed by atoms with Gasteiger partial charge in [0, 0.05) is 11.7 Å². The van der Waals surface area contributed by atoms with Crippen LogP contribution in [0.25, 0.3) is 0 Å². The van der Waals surface area contributed by atoms with Crippen LogP contribution in [-0.2, 0) is 9.59 Å². The number of hydrogen-bond acceptors (Lipinski definition) is 3. The van der Waals surface area contributed by atoms with E-state index in [0.29, 0.717) is 0 Å². The highest BCUT2D eigenvalue weighted by atomic mass is 32.2. The van der Waals surface area contributed by atoms with Crippen molar-refractivity contribution in [1.82, 2.24) is 5.32 Å². The lowest BCUT2D eigenvalue weighted by atomic mass is 10.1. The quantitative estimate of drug-likeness (QED) is 0.746. The van der Waals surface area contributed by atoms with E-state index in [1.807, 2.05) is 13.8 Å². The molecule has 13 heavy (non-hydrogen) atoms. The minimum atomic E-state index is -0.230. The molecule has 74 valence electrons. The van der Waals surface area contributed by atoms with Crippen molar-refractivity contribution in [3.63, 3.8) is 0 Å². The van der Waals surface area contributed by atoms with Crippen molar-refractivity contribution >= 4 is 22.8 Å². The first-order chi connectivity index (χ1) is 6.15. The van der Waals surface area contributed by atoms with Gasteiger partial charge in [-0.3, -0.25) is 9.59 Å². The second-order valence-electron chi connectivity index (χ2n) is 3.33. The summed E-state index contributed by atoms with van der Waals surface area (Å²) in [5.74, 6) is 0.853.